The molecule has 0 aromatic carbocycles. The van der Waals surface area contributed by atoms with E-state index in [0.29, 0.717) is 23.5 Å². The minimum Gasteiger partial charge on any atom is -0.383 e. The van der Waals surface area contributed by atoms with Gasteiger partial charge in [0.25, 0.3) is 5.92 Å². The first-order valence-corrected chi connectivity index (χ1v) is 9.79. The van der Waals surface area contributed by atoms with Gasteiger partial charge in [-0.1, -0.05) is 19.9 Å². The van der Waals surface area contributed by atoms with E-state index >= 15 is 0 Å². The zero-order valence-corrected chi connectivity index (χ0v) is 17.2. The lowest BCUT2D eigenvalue weighted by molar-refractivity contribution is -0.159. The number of nitrogen functional groups attached to an aromatic ring is 1. The van der Waals surface area contributed by atoms with Gasteiger partial charge in [0, 0.05) is 30.8 Å². The summed E-state index contributed by atoms with van der Waals surface area (Å²) >= 11 is 0. The van der Waals surface area contributed by atoms with Crippen LogP contribution in [-0.2, 0) is 16.0 Å². The molecule has 2 aromatic heterocycles. The Morgan fingerprint density at radius 1 is 1.30 bits per heavy atom. The van der Waals surface area contributed by atoms with Crippen molar-refractivity contribution >= 4 is 23.3 Å². The largest absolute Gasteiger partial charge is 0.383 e. The average molecular weight is 417 g/mol. The summed E-state index contributed by atoms with van der Waals surface area (Å²) in [4.78, 5) is 34.9. The van der Waals surface area contributed by atoms with Gasteiger partial charge in [0.05, 0.1) is 17.9 Å². The third-order valence-corrected chi connectivity index (χ3v) is 5.45. The predicted molar refractivity (Wildman–Crippen MR) is 109 cm³/mol. The van der Waals surface area contributed by atoms with E-state index in [1.165, 1.54) is 24.2 Å². The van der Waals surface area contributed by atoms with Crippen LogP contribution in [0.1, 0.15) is 43.1 Å². The van der Waals surface area contributed by atoms with E-state index in [4.69, 9.17) is 5.73 Å². The molecule has 3 rings (SSSR count). The second kappa shape index (κ2) is 8.33. The van der Waals surface area contributed by atoms with Crippen molar-refractivity contribution in [2.24, 2.45) is 5.92 Å². The molecule has 2 aromatic rings. The molecular formula is C21H25F2N5O2. The number of nitrogens with two attached hydrogens (primary N) is 1. The molecule has 0 bridgehead atoms. The number of likely N-dealkylation sites (tertiary alicyclic amines) is 1. The molecule has 7 nitrogen and oxygen atoms in total. The van der Waals surface area contributed by atoms with E-state index in [1.807, 2.05) is 6.92 Å². The number of nitrogens with one attached hydrogen (secondary N) is 1. The number of anilines is 2. The lowest BCUT2D eigenvalue weighted by Gasteiger charge is -2.42. The molecule has 3 heterocycles. The molecule has 0 radical (unpaired) electrons. The number of aryl methyl sites for hydroxylation is 2. The normalized spacial score (nSPS) is 20.6. The number of hydrogen-bond acceptors (Lipinski definition) is 5. The van der Waals surface area contributed by atoms with Gasteiger partial charge < -0.3 is 16.0 Å². The van der Waals surface area contributed by atoms with Crippen molar-refractivity contribution in [1.82, 2.24) is 14.9 Å². The number of pyridine rings is 2. The third-order valence-electron chi connectivity index (χ3n) is 5.45. The summed E-state index contributed by atoms with van der Waals surface area (Å²) in [5.74, 6) is -5.47. The number of aromatic nitrogens is 2. The van der Waals surface area contributed by atoms with Crippen LogP contribution in [0.3, 0.4) is 0 Å². The first kappa shape index (κ1) is 21.6. The third kappa shape index (κ3) is 4.39. The summed E-state index contributed by atoms with van der Waals surface area (Å²) in [6.07, 6.45) is 2.87. The van der Waals surface area contributed by atoms with Crippen molar-refractivity contribution in [2.75, 3.05) is 17.6 Å². The van der Waals surface area contributed by atoms with Crippen molar-refractivity contribution in [3.05, 3.63) is 47.4 Å². The summed E-state index contributed by atoms with van der Waals surface area (Å²) in [5.41, 5.74) is 8.02. The van der Waals surface area contributed by atoms with Gasteiger partial charge in [-0.05, 0) is 36.6 Å². The van der Waals surface area contributed by atoms with Crippen LogP contribution in [0, 0.1) is 12.8 Å². The van der Waals surface area contributed by atoms with Gasteiger partial charge in [0.15, 0.2) is 0 Å². The summed E-state index contributed by atoms with van der Waals surface area (Å²) in [6, 6.07) is 4.05. The Labute approximate surface area is 173 Å². The van der Waals surface area contributed by atoms with Gasteiger partial charge in [0.1, 0.15) is 5.82 Å². The van der Waals surface area contributed by atoms with Crippen molar-refractivity contribution in [1.29, 1.82) is 0 Å². The Morgan fingerprint density at radius 3 is 2.67 bits per heavy atom. The molecule has 1 aliphatic heterocycles. The quantitative estimate of drug-likeness (QED) is 0.748. The number of carbonyl (C=O) groups excluding carboxylic acids is 2. The Bertz CT molecular complexity index is 949. The highest BCUT2D eigenvalue weighted by molar-refractivity contribution is 6.39. The molecule has 2 atom stereocenters. The molecule has 30 heavy (non-hydrogen) atoms. The van der Waals surface area contributed by atoms with Gasteiger partial charge in [-0.15, -0.1) is 0 Å². The molecule has 0 unspecified atom stereocenters. The fourth-order valence-electron chi connectivity index (χ4n) is 3.51. The molecule has 1 aliphatic rings. The van der Waals surface area contributed by atoms with Gasteiger partial charge in [-0.2, -0.15) is 0 Å². The molecular weight excluding hydrogens is 392 g/mol. The van der Waals surface area contributed by atoms with Crippen LogP contribution in [0.2, 0.25) is 0 Å². The Balaban J connectivity index is 1.85. The van der Waals surface area contributed by atoms with Crippen molar-refractivity contribution < 1.29 is 18.4 Å². The van der Waals surface area contributed by atoms with E-state index < -0.39 is 36.1 Å². The average Bonchev–Trinajstić information content (AvgIpc) is 2.71. The van der Waals surface area contributed by atoms with Crippen LogP contribution in [0.5, 0.6) is 0 Å². The van der Waals surface area contributed by atoms with Crippen LogP contribution in [-0.4, -0.2) is 39.1 Å². The minimum absolute atomic E-state index is 0.238. The van der Waals surface area contributed by atoms with Crippen LogP contribution in [0.4, 0.5) is 20.3 Å². The van der Waals surface area contributed by atoms with E-state index in [-0.39, 0.29) is 6.54 Å². The summed E-state index contributed by atoms with van der Waals surface area (Å²) < 4.78 is 28.9. The predicted octanol–water partition coefficient (Wildman–Crippen LogP) is 3.11. The zero-order valence-electron chi connectivity index (χ0n) is 17.2. The number of piperidine rings is 1. The van der Waals surface area contributed by atoms with E-state index in [2.05, 4.69) is 15.3 Å². The number of amides is 2. The molecule has 1 saturated heterocycles. The van der Waals surface area contributed by atoms with Crippen LogP contribution in [0.15, 0.2) is 30.6 Å². The lowest BCUT2D eigenvalue weighted by atomic mass is 9.87. The van der Waals surface area contributed by atoms with Gasteiger partial charge in [-0.3, -0.25) is 14.6 Å². The summed E-state index contributed by atoms with van der Waals surface area (Å²) in [7, 11) is 0. The summed E-state index contributed by atoms with van der Waals surface area (Å²) in [6.45, 7) is 4.81. The first-order chi connectivity index (χ1) is 14.1. The number of rotatable bonds is 3. The van der Waals surface area contributed by atoms with Gasteiger partial charge >= 0.3 is 11.8 Å². The molecule has 160 valence electrons. The zero-order chi connectivity index (χ0) is 22.1. The molecule has 9 heteroatoms. The highest BCUT2D eigenvalue weighted by atomic mass is 19.3. The van der Waals surface area contributed by atoms with E-state index in [1.54, 1.807) is 25.1 Å². The van der Waals surface area contributed by atoms with Crippen molar-refractivity contribution in [3.8, 4) is 0 Å². The van der Waals surface area contributed by atoms with Crippen molar-refractivity contribution in [2.45, 2.75) is 45.6 Å². The fourth-order valence-corrected chi connectivity index (χ4v) is 3.51. The molecule has 3 N–H and O–H groups in total. The molecule has 2 amide bonds. The monoisotopic (exact) mass is 417 g/mol. The van der Waals surface area contributed by atoms with Gasteiger partial charge in [-0.25, -0.2) is 13.8 Å². The topological polar surface area (TPSA) is 101 Å². The number of hydrogen-bond donors (Lipinski definition) is 2. The Hall–Kier alpha value is -3.10. The van der Waals surface area contributed by atoms with E-state index in [0.717, 1.165) is 11.3 Å². The number of alkyl halides is 2. The maximum atomic E-state index is 14.4. The number of nitrogens with zero attached hydrogens (tertiary/aromatic N) is 3. The molecule has 0 aliphatic carbocycles. The second-order valence-electron chi connectivity index (χ2n) is 7.65. The molecule has 1 fully saturated rings. The van der Waals surface area contributed by atoms with Crippen LogP contribution < -0.4 is 11.1 Å². The fraction of sp³-hybridized carbons (Fsp3) is 0.429. The Kier molecular flexibility index (Phi) is 6.00. The molecule has 0 spiro atoms. The van der Waals surface area contributed by atoms with Gasteiger partial charge in [0.2, 0.25) is 0 Å². The molecule has 0 saturated carbocycles. The van der Waals surface area contributed by atoms with E-state index in [9.17, 15) is 18.4 Å². The SMILES string of the molecule is CCc1cc(NC(=O)C(=O)N2C[C@@H](C)C(F)(F)C[C@@H]2c2ccc(C)nc2)cnc1N. The minimum atomic E-state index is -2.96. The maximum absolute atomic E-state index is 14.4. The smallest absolute Gasteiger partial charge is 0.313 e. The first-order valence-electron chi connectivity index (χ1n) is 9.79. The van der Waals surface area contributed by atoms with Crippen molar-refractivity contribution in [3.63, 3.8) is 0 Å². The Morgan fingerprint density at radius 2 is 2.03 bits per heavy atom. The van der Waals surface area contributed by atoms with Crippen LogP contribution >= 0.6 is 0 Å². The summed E-state index contributed by atoms with van der Waals surface area (Å²) in [5, 5.41) is 2.51. The maximum Gasteiger partial charge on any atom is 0.313 e. The standard InChI is InChI=1S/C21H25F2N5O2/c1-4-14-7-16(10-26-18(14)24)27-19(29)20(30)28-11-12(2)21(22,23)8-17(28)15-6-5-13(3)25-9-15/h5-7,9-10,12,17H,4,8,11H2,1-3H3,(H2,24,26)(H,27,29)/t12-,17-/m1/s1. The van der Waals surface area contributed by atoms with Crippen LogP contribution in [0.25, 0.3) is 0 Å². The lowest BCUT2D eigenvalue weighted by Crippen LogP contribution is -2.52. The number of halogens is 2. The second-order valence-corrected chi connectivity index (χ2v) is 7.65. The highest BCUT2D eigenvalue weighted by Crippen LogP contribution is 2.42. The number of carbonyl (C=O) groups is 2. The highest BCUT2D eigenvalue weighted by Gasteiger charge is 2.48.